The molecule has 0 aliphatic heterocycles. The lowest BCUT2D eigenvalue weighted by Crippen LogP contribution is -2.16. The van der Waals surface area contributed by atoms with Crippen LogP contribution in [0.1, 0.15) is 62.4 Å². The van der Waals surface area contributed by atoms with E-state index in [1.807, 2.05) is 76.2 Å². The number of benzene rings is 1. The van der Waals surface area contributed by atoms with Gasteiger partial charge in [-0.15, -0.1) is 0 Å². The summed E-state index contributed by atoms with van der Waals surface area (Å²) in [5, 5.41) is 13.0. The third-order valence-electron chi connectivity index (χ3n) is 6.39. The highest BCUT2D eigenvalue weighted by Crippen LogP contribution is 2.28. The number of nitrogens with one attached hydrogen (secondary N) is 1. The number of aryl methyl sites for hydroxylation is 1. The molecular formula is C34H38FN3. The molecule has 1 heterocycles. The molecule has 0 fully saturated rings. The lowest BCUT2D eigenvalue weighted by Gasteiger charge is -2.18. The Labute approximate surface area is 227 Å². The van der Waals surface area contributed by atoms with E-state index in [0.717, 1.165) is 56.8 Å². The molecule has 0 saturated heterocycles. The van der Waals surface area contributed by atoms with Crippen LogP contribution < -0.4 is 5.32 Å². The zero-order valence-electron chi connectivity index (χ0n) is 23.1. The Bertz CT molecular complexity index is 1350. The molecule has 1 aromatic heterocycles. The standard InChI is InChI=1S/C34H38FN3/c1-8-13-30(21-26(4)35)15-11-14-24(2)34(29(7)38-23-32-17-12-19-37-28(32)6)20-25(3)27(5)33-18-10-9-16-31(33)22-36/h8-10,12-13,16-21,38H,2,4,7,11,14-15,23H2,1,3,5-6H3/b13-8-,27-25+,30-21+,34-20+. The number of rotatable bonds is 13. The van der Waals surface area contributed by atoms with Crippen LogP contribution in [0.2, 0.25) is 0 Å². The fraction of sp³-hybridized carbons (Fsp3) is 0.235. The summed E-state index contributed by atoms with van der Waals surface area (Å²) in [5.41, 5.74) is 9.16. The van der Waals surface area contributed by atoms with Crippen LogP contribution in [0.15, 0.2) is 120 Å². The third kappa shape index (κ3) is 9.01. The predicted octanol–water partition coefficient (Wildman–Crippen LogP) is 9.00. The molecule has 0 radical (unpaired) electrons. The molecule has 0 spiro atoms. The molecule has 0 aliphatic carbocycles. The van der Waals surface area contributed by atoms with Crippen LogP contribution in [0.4, 0.5) is 4.39 Å². The average Bonchev–Trinajstić information content (AvgIpc) is 2.90. The largest absolute Gasteiger partial charge is 0.381 e. The van der Waals surface area contributed by atoms with Crippen molar-refractivity contribution in [2.75, 3.05) is 0 Å². The van der Waals surface area contributed by atoms with Crippen LogP contribution in [0.3, 0.4) is 0 Å². The maximum absolute atomic E-state index is 13.4. The molecule has 0 aliphatic rings. The first-order valence-corrected chi connectivity index (χ1v) is 12.8. The Kier molecular flexibility index (Phi) is 11.9. The van der Waals surface area contributed by atoms with E-state index in [-0.39, 0.29) is 0 Å². The van der Waals surface area contributed by atoms with Gasteiger partial charge in [0.05, 0.1) is 11.6 Å². The number of nitrogens with zero attached hydrogens (tertiary/aromatic N) is 2. The van der Waals surface area contributed by atoms with Gasteiger partial charge in [-0.3, -0.25) is 4.98 Å². The SMILES string of the molecule is C=C(F)/C=C(\C=C/C)CCCC(=C)/C(=C\C(C)=C(/C)c1ccccc1C#N)C(=C)NCc1cccnc1C. The number of allylic oxidation sites excluding steroid dienone is 9. The third-order valence-corrected chi connectivity index (χ3v) is 6.39. The van der Waals surface area contributed by atoms with E-state index in [9.17, 15) is 9.65 Å². The maximum atomic E-state index is 13.4. The molecule has 1 N–H and O–H groups in total. The van der Waals surface area contributed by atoms with Crippen molar-refractivity contribution < 1.29 is 4.39 Å². The van der Waals surface area contributed by atoms with Gasteiger partial charge in [-0.1, -0.05) is 56.2 Å². The van der Waals surface area contributed by atoms with Crippen molar-refractivity contribution >= 4 is 5.57 Å². The van der Waals surface area contributed by atoms with Crippen molar-refractivity contribution in [3.63, 3.8) is 0 Å². The van der Waals surface area contributed by atoms with Crippen molar-refractivity contribution in [3.8, 4) is 6.07 Å². The first-order valence-electron chi connectivity index (χ1n) is 12.8. The fourth-order valence-corrected chi connectivity index (χ4v) is 4.11. The smallest absolute Gasteiger partial charge is 0.116 e. The van der Waals surface area contributed by atoms with Crippen LogP contribution in [0, 0.1) is 18.3 Å². The normalized spacial score (nSPS) is 12.6. The van der Waals surface area contributed by atoms with Crippen LogP contribution in [-0.2, 0) is 6.54 Å². The first-order chi connectivity index (χ1) is 18.2. The summed E-state index contributed by atoms with van der Waals surface area (Å²) >= 11 is 0. The highest BCUT2D eigenvalue weighted by molar-refractivity contribution is 5.73. The Morgan fingerprint density at radius 2 is 1.82 bits per heavy atom. The molecule has 0 amide bonds. The van der Waals surface area contributed by atoms with Crippen LogP contribution in [0.25, 0.3) is 5.57 Å². The molecule has 1 aromatic carbocycles. The second-order valence-electron chi connectivity index (χ2n) is 9.23. The molecule has 3 nitrogen and oxygen atoms in total. The summed E-state index contributed by atoms with van der Waals surface area (Å²) in [7, 11) is 0. The van der Waals surface area contributed by atoms with Gasteiger partial charge < -0.3 is 5.32 Å². The van der Waals surface area contributed by atoms with Crippen molar-refractivity contribution in [2.45, 2.75) is 53.5 Å². The Morgan fingerprint density at radius 3 is 2.47 bits per heavy atom. The van der Waals surface area contributed by atoms with Gasteiger partial charge in [0.25, 0.3) is 0 Å². The van der Waals surface area contributed by atoms with Gasteiger partial charge in [-0.25, -0.2) is 4.39 Å². The van der Waals surface area contributed by atoms with Gasteiger partial charge in [-0.2, -0.15) is 5.26 Å². The quantitative estimate of drug-likeness (QED) is 0.275. The molecule has 196 valence electrons. The molecule has 38 heavy (non-hydrogen) atoms. The summed E-state index contributed by atoms with van der Waals surface area (Å²) in [4.78, 5) is 4.37. The van der Waals surface area contributed by atoms with E-state index in [4.69, 9.17) is 0 Å². The van der Waals surface area contributed by atoms with Gasteiger partial charge in [0.2, 0.25) is 0 Å². The molecule has 2 aromatic rings. The van der Waals surface area contributed by atoms with E-state index in [1.165, 1.54) is 6.08 Å². The van der Waals surface area contributed by atoms with E-state index in [2.05, 4.69) is 42.2 Å². The molecule has 2 rings (SSSR count). The minimum absolute atomic E-state index is 0.449. The zero-order valence-corrected chi connectivity index (χ0v) is 23.1. The number of hydrogen-bond donors (Lipinski definition) is 1. The van der Waals surface area contributed by atoms with E-state index in [1.54, 1.807) is 6.20 Å². The first kappa shape index (κ1) is 30.0. The van der Waals surface area contributed by atoms with Crippen molar-refractivity contribution in [3.05, 3.63) is 143 Å². The molecule has 0 bridgehead atoms. The summed E-state index contributed by atoms with van der Waals surface area (Å²) in [6, 6.07) is 13.9. The van der Waals surface area contributed by atoms with E-state index in [0.29, 0.717) is 24.9 Å². The second-order valence-corrected chi connectivity index (χ2v) is 9.23. The highest BCUT2D eigenvalue weighted by Gasteiger charge is 2.12. The van der Waals surface area contributed by atoms with Gasteiger partial charge in [0.15, 0.2) is 0 Å². The monoisotopic (exact) mass is 507 g/mol. The summed E-state index contributed by atoms with van der Waals surface area (Å²) < 4.78 is 13.4. The van der Waals surface area contributed by atoms with Crippen molar-refractivity contribution in [2.24, 2.45) is 0 Å². The number of nitriles is 1. The van der Waals surface area contributed by atoms with Crippen molar-refractivity contribution in [1.82, 2.24) is 10.3 Å². The lowest BCUT2D eigenvalue weighted by atomic mass is 9.92. The number of hydrogen-bond acceptors (Lipinski definition) is 3. The molecular weight excluding hydrogens is 469 g/mol. The zero-order chi connectivity index (χ0) is 28.1. The highest BCUT2D eigenvalue weighted by atomic mass is 19.1. The molecule has 0 saturated carbocycles. The average molecular weight is 508 g/mol. The fourth-order valence-electron chi connectivity index (χ4n) is 4.11. The Balaban J connectivity index is 2.35. The summed E-state index contributed by atoms with van der Waals surface area (Å²) in [6.07, 6.45) is 11.4. The Morgan fingerprint density at radius 1 is 1.08 bits per heavy atom. The number of halogens is 1. The minimum atomic E-state index is -0.449. The van der Waals surface area contributed by atoms with E-state index < -0.39 is 5.83 Å². The maximum Gasteiger partial charge on any atom is 0.116 e. The topological polar surface area (TPSA) is 48.7 Å². The van der Waals surface area contributed by atoms with Gasteiger partial charge in [0, 0.05) is 24.1 Å². The summed E-state index contributed by atoms with van der Waals surface area (Å²) in [6.45, 7) is 20.6. The van der Waals surface area contributed by atoms with Gasteiger partial charge >= 0.3 is 0 Å². The minimum Gasteiger partial charge on any atom is -0.381 e. The van der Waals surface area contributed by atoms with Crippen LogP contribution >= 0.6 is 0 Å². The van der Waals surface area contributed by atoms with Crippen LogP contribution in [0.5, 0.6) is 0 Å². The van der Waals surface area contributed by atoms with Crippen LogP contribution in [-0.4, -0.2) is 4.98 Å². The van der Waals surface area contributed by atoms with Gasteiger partial charge in [0.1, 0.15) is 5.83 Å². The molecule has 0 unspecified atom stereocenters. The molecule has 0 atom stereocenters. The van der Waals surface area contributed by atoms with E-state index >= 15 is 0 Å². The number of pyridine rings is 1. The summed E-state index contributed by atoms with van der Waals surface area (Å²) in [5.74, 6) is -0.449. The predicted molar refractivity (Wildman–Crippen MR) is 159 cm³/mol. The van der Waals surface area contributed by atoms with Crippen molar-refractivity contribution in [1.29, 1.82) is 5.26 Å². The molecule has 4 heteroatoms. The second kappa shape index (κ2) is 15.1. The number of aromatic nitrogens is 1. The Hall–Kier alpha value is -4.23. The lowest BCUT2D eigenvalue weighted by molar-refractivity contribution is 0.668. The van der Waals surface area contributed by atoms with Gasteiger partial charge in [-0.05, 0) is 110 Å².